The molecule has 0 saturated heterocycles. The number of likely N-dealkylation sites (N-methyl/N-ethyl adjacent to an activating group) is 1. The lowest BCUT2D eigenvalue weighted by atomic mass is 9.95. The molecule has 0 aromatic carbocycles. The monoisotopic (exact) mass is 208 g/mol. The summed E-state index contributed by atoms with van der Waals surface area (Å²) in [5, 5.41) is 7.52. The highest BCUT2D eigenvalue weighted by Crippen LogP contribution is 2.21. The van der Waals surface area contributed by atoms with Crippen LogP contribution in [0, 0.1) is 0 Å². The molecule has 0 unspecified atom stereocenters. The standard InChI is InChI=1S/C11H20N4/c1-11(2,12)6-10-8-7-15(3)5-4-9(8)13-14-10/h4-7,12H2,1-3H3,(H,13,14). The van der Waals surface area contributed by atoms with Gasteiger partial charge in [-0.2, -0.15) is 5.10 Å². The van der Waals surface area contributed by atoms with Crippen LogP contribution in [-0.4, -0.2) is 34.2 Å². The number of rotatable bonds is 2. The zero-order valence-electron chi connectivity index (χ0n) is 9.80. The Bertz CT molecular complexity index is 348. The van der Waals surface area contributed by atoms with Crippen LogP contribution in [0.2, 0.25) is 0 Å². The van der Waals surface area contributed by atoms with Crippen LogP contribution in [0.4, 0.5) is 0 Å². The van der Waals surface area contributed by atoms with Crippen molar-refractivity contribution in [2.24, 2.45) is 5.73 Å². The molecule has 0 aliphatic carbocycles. The van der Waals surface area contributed by atoms with Gasteiger partial charge >= 0.3 is 0 Å². The molecule has 84 valence electrons. The lowest BCUT2D eigenvalue weighted by Gasteiger charge is -2.24. The van der Waals surface area contributed by atoms with Crippen molar-refractivity contribution in [2.75, 3.05) is 13.6 Å². The maximum absolute atomic E-state index is 6.03. The van der Waals surface area contributed by atoms with Crippen molar-refractivity contribution in [3.05, 3.63) is 17.0 Å². The molecule has 1 aliphatic rings. The first-order valence-corrected chi connectivity index (χ1v) is 5.48. The third-order valence-electron chi connectivity index (χ3n) is 2.83. The number of hydrogen-bond acceptors (Lipinski definition) is 3. The first-order valence-electron chi connectivity index (χ1n) is 5.48. The Hall–Kier alpha value is -0.870. The molecule has 0 spiro atoms. The van der Waals surface area contributed by atoms with Crippen LogP contribution >= 0.6 is 0 Å². The number of fused-ring (bicyclic) bond motifs is 1. The quantitative estimate of drug-likeness (QED) is 0.751. The van der Waals surface area contributed by atoms with E-state index in [1.165, 1.54) is 11.3 Å². The molecule has 1 aliphatic heterocycles. The van der Waals surface area contributed by atoms with E-state index in [1.807, 2.05) is 13.8 Å². The van der Waals surface area contributed by atoms with Crippen LogP contribution < -0.4 is 5.73 Å². The molecule has 0 fully saturated rings. The third kappa shape index (κ3) is 2.38. The van der Waals surface area contributed by atoms with E-state index in [4.69, 9.17) is 5.73 Å². The van der Waals surface area contributed by atoms with E-state index in [-0.39, 0.29) is 5.54 Å². The lowest BCUT2D eigenvalue weighted by Crippen LogP contribution is -2.35. The summed E-state index contributed by atoms with van der Waals surface area (Å²) in [5.74, 6) is 0. The van der Waals surface area contributed by atoms with Gasteiger partial charge < -0.3 is 10.6 Å². The van der Waals surface area contributed by atoms with Gasteiger partial charge in [0.1, 0.15) is 0 Å². The van der Waals surface area contributed by atoms with Crippen LogP contribution in [0.25, 0.3) is 0 Å². The van der Waals surface area contributed by atoms with Gasteiger partial charge in [-0.15, -0.1) is 0 Å². The molecule has 4 heteroatoms. The number of aromatic nitrogens is 2. The minimum Gasteiger partial charge on any atom is -0.325 e. The van der Waals surface area contributed by atoms with Gasteiger partial charge in [-0.3, -0.25) is 5.10 Å². The number of H-pyrrole nitrogens is 1. The highest BCUT2D eigenvalue weighted by molar-refractivity contribution is 5.28. The van der Waals surface area contributed by atoms with Crippen molar-refractivity contribution in [1.82, 2.24) is 15.1 Å². The number of nitrogens with one attached hydrogen (secondary N) is 1. The van der Waals surface area contributed by atoms with Gasteiger partial charge in [0.2, 0.25) is 0 Å². The van der Waals surface area contributed by atoms with Crippen molar-refractivity contribution in [3.63, 3.8) is 0 Å². The average molecular weight is 208 g/mol. The molecule has 2 rings (SSSR count). The average Bonchev–Trinajstić information content (AvgIpc) is 2.46. The zero-order valence-corrected chi connectivity index (χ0v) is 9.80. The molecule has 0 saturated carbocycles. The molecule has 0 radical (unpaired) electrons. The molecule has 1 aromatic rings. The molecule has 15 heavy (non-hydrogen) atoms. The van der Waals surface area contributed by atoms with E-state index in [0.717, 1.165) is 31.6 Å². The van der Waals surface area contributed by atoms with Crippen molar-refractivity contribution in [1.29, 1.82) is 0 Å². The van der Waals surface area contributed by atoms with Gasteiger partial charge in [0, 0.05) is 42.7 Å². The maximum atomic E-state index is 6.03. The van der Waals surface area contributed by atoms with Gasteiger partial charge in [0.15, 0.2) is 0 Å². The van der Waals surface area contributed by atoms with E-state index in [2.05, 4.69) is 22.1 Å². The predicted molar refractivity (Wildman–Crippen MR) is 60.6 cm³/mol. The van der Waals surface area contributed by atoms with Gasteiger partial charge in [-0.25, -0.2) is 0 Å². The SMILES string of the molecule is CN1CCc2[nH]nc(CC(C)(C)N)c2C1. The number of hydrogen-bond donors (Lipinski definition) is 2. The molecule has 4 nitrogen and oxygen atoms in total. The van der Waals surface area contributed by atoms with Crippen LogP contribution in [0.5, 0.6) is 0 Å². The molecule has 0 atom stereocenters. The van der Waals surface area contributed by atoms with E-state index in [0.29, 0.717) is 0 Å². The first kappa shape index (κ1) is 10.6. The second-order valence-corrected chi connectivity index (χ2v) is 5.28. The van der Waals surface area contributed by atoms with Gasteiger partial charge in [0.25, 0.3) is 0 Å². The van der Waals surface area contributed by atoms with Crippen molar-refractivity contribution in [3.8, 4) is 0 Å². The fourth-order valence-corrected chi connectivity index (χ4v) is 2.07. The van der Waals surface area contributed by atoms with E-state index in [9.17, 15) is 0 Å². The molecular formula is C11H20N4. The summed E-state index contributed by atoms with van der Waals surface area (Å²) in [6.45, 7) is 6.19. The van der Waals surface area contributed by atoms with Crippen LogP contribution in [-0.2, 0) is 19.4 Å². The highest BCUT2D eigenvalue weighted by atomic mass is 15.2. The van der Waals surface area contributed by atoms with Crippen LogP contribution in [0.1, 0.15) is 30.8 Å². The number of nitrogens with zero attached hydrogens (tertiary/aromatic N) is 2. The largest absolute Gasteiger partial charge is 0.325 e. The Balaban J connectivity index is 2.23. The zero-order chi connectivity index (χ0) is 11.1. The molecule has 0 amide bonds. The second-order valence-electron chi connectivity index (χ2n) is 5.28. The summed E-state index contributed by atoms with van der Waals surface area (Å²) < 4.78 is 0. The fraction of sp³-hybridized carbons (Fsp3) is 0.727. The maximum Gasteiger partial charge on any atom is 0.0688 e. The molecule has 2 heterocycles. The predicted octanol–water partition coefficient (Wildman–Crippen LogP) is 0.677. The van der Waals surface area contributed by atoms with Crippen molar-refractivity contribution < 1.29 is 0 Å². The van der Waals surface area contributed by atoms with E-state index < -0.39 is 0 Å². The lowest BCUT2D eigenvalue weighted by molar-refractivity contribution is 0.310. The third-order valence-corrected chi connectivity index (χ3v) is 2.83. The van der Waals surface area contributed by atoms with Crippen LogP contribution in [0.15, 0.2) is 0 Å². The normalized spacial score (nSPS) is 17.9. The fourth-order valence-electron chi connectivity index (χ4n) is 2.07. The Morgan fingerprint density at radius 2 is 2.27 bits per heavy atom. The molecular weight excluding hydrogens is 188 g/mol. The van der Waals surface area contributed by atoms with Gasteiger partial charge in [0.05, 0.1) is 5.69 Å². The Labute approximate surface area is 90.8 Å². The van der Waals surface area contributed by atoms with E-state index in [1.54, 1.807) is 0 Å². The molecule has 0 bridgehead atoms. The van der Waals surface area contributed by atoms with Crippen LogP contribution in [0.3, 0.4) is 0 Å². The Kier molecular flexibility index (Phi) is 2.56. The topological polar surface area (TPSA) is 57.9 Å². The summed E-state index contributed by atoms with van der Waals surface area (Å²) >= 11 is 0. The second kappa shape index (κ2) is 3.61. The van der Waals surface area contributed by atoms with Gasteiger partial charge in [-0.1, -0.05) is 0 Å². The van der Waals surface area contributed by atoms with Gasteiger partial charge in [-0.05, 0) is 20.9 Å². The summed E-state index contributed by atoms with van der Waals surface area (Å²) in [5.41, 5.74) is 9.65. The minimum absolute atomic E-state index is 0.182. The first-order chi connectivity index (χ1) is 6.96. The summed E-state index contributed by atoms with van der Waals surface area (Å²) in [7, 11) is 2.15. The van der Waals surface area contributed by atoms with E-state index >= 15 is 0 Å². The smallest absolute Gasteiger partial charge is 0.0688 e. The highest BCUT2D eigenvalue weighted by Gasteiger charge is 2.23. The number of aromatic amines is 1. The van der Waals surface area contributed by atoms with Crippen molar-refractivity contribution >= 4 is 0 Å². The molecule has 1 aromatic heterocycles. The Morgan fingerprint density at radius 3 is 2.93 bits per heavy atom. The summed E-state index contributed by atoms with van der Waals surface area (Å²) in [6, 6.07) is 0. The summed E-state index contributed by atoms with van der Waals surface area (Å²) in [4.78, 5) is 2.32. The number of nitrogens with two attached hydrogens (primary N) is 1. The minimum atomic E-state index is -0.182. The Morgan fingerprint density at radius 1 is 1.53 bits per heavy atom. The van der Waals surface area contributed by atoms with Crippen molar-refractivity contribution in [2.45, 2.75) is 38.8 Å². The molecule has 3 N–H and O–H groups in total. The summed E-state index contributed by atoms with van der Waals surface area (Å²) in [6.07, 6.45) is 1.91.